The van der Waals surface area contributed by atoms with Gasteiger partial charge < -0.3 is 5.32 Å². The van der Waals surface area contributed by atoms with Gasteiger partial charge in [0.25, 0.3) is 0 Å². The molecule has 1 N–H and O–H groups in total. The normalized spacial score (nSPS) is 12.7. The van der Waals surface area contributed by atoms with Gasteiger partial charge in [-0.25, -0.2) is 0 Å². The molecule has 0 aromatic heterocycles. The lowest BCUT2D eigenvalue weighted by Gasteiger charge is -2.17. The fourth-order valence-corrected chi connectivity index (χ4v) is 2.49. The molecule has 0 aliphatic rings. The van der Waals surface area contributed by atoms with Crippen LogP contribution in [-0.4, -0.2) is 6.04 Å². The van der Waals surface area contributed by atoms with E-state index in [9.17, 15) is 0 Å². The molecule has 18 heavy (non-hydrogen) atoms. The van der Waals surface area contributed by atoms with Gasteiger partial charge in [-0.05, 0) is 30.5 Å². The molecule has 1 aromatic rings. The Morgan fingerprint density at radius 3 is 2.56 bits per heavy atom. The number of unbranched alkanes of at least 4 members (excludes halogenated alkanes) is 2. The maximum Gasteiger partial charge on any atom is 0.0465 e. The van der Waals surface area contributed by atoms with Gasteiger partial charge in [-0.3, -0.25) is 0 Å². The van der Waals surface area contributed by atoms with E-state index < -0.39 is 0 Å². The maximum absolute atomic E-state index is 6.16. The third-order valence-corrected chi connectivity index (χ3v) is 3.83. The van der Waals surface area contributed by atoms with Gasteiger partial charge in [-0.15, -0.1) is 0 Å². The molecular weight excluding hydrogens is 265 g/mol. The van der Waals surface area contributed by atoms with E-state index in [0.29, 0.717) is 11.1 Å². The molecule has 0 aliphatic heterocycles. The minimum Gasteiger partial charge on any atom is -0.310 e. The molecule has 102 valence electrons. The first kappa shape index (κ1) is 15.8. The standard InChI is InChI=1S/C15H23Cl2N/c1-3-5-6-7-14(4-2)18-11-12-8-9-13(16)10-15(12)17/h8-10,14,18H,3-7,11H2,1-2H3. The fourth-order valence-electron chi connectivity index (χ4n) is 2.01. The molecule has 0 fully saturated rings. The predicted octanol–water partition coefficient (Wildman–Crippen LogP) is 5.44. The number of halogens is 2. The van der Waals surface area contributed by atoms with E-state index in [1.807, 2.05) is 12.1 Å². The van der Waals surface area contributed by atoms with Crippen molar-refractivity contribution in [2.45, 2.75) is 58.5 Å². The van der Waals surface area contributed by atoms with Crippen LogP contribution in [0.5, 0.6) is 0 Å². The van der Waals surface area contributed by atoms with Crippen LogP contribution in [0.15, 0.2) is 18.2 Å². The van der Waals surface area contributed by atoms with Gasteiger partial charge in [-0.1, -0.05) is 62.4 Å². The summed E-state index contributed by atoms with van der Waals surface area (Å²) in [5, 5.41) is 5.02. The Labute approximate surface area is 121 Å². The average Bonchev–Trinajstić information content (AvgIpc) is 2.35. The molecule has 0 radical (unpaired) electrons. The Hall–Kier alpha value is -0.240. The molecule has 1 atom stereocenters. The molecule has 3 heteroatoms. The predicted molar refractivity (Wildman–Crippen MR) is 81.5 cm³/mol. The van der Waals surface area contributed by atoms with Crippen LogP contribution < -0.4 is 5.32 Å². The van der Waals surface area contributed by atoms with E-state index in [-0.39, 0.29) is 0 Å². The average molecular weight is 288 g/mol. The van der Waals surface area contributed by atoms with Crippen LogP contribution in [0.1, 0.15) is 51.5 Å². The number of nitrogens with one attached hydrogen (secondary N) is 1. The zero-order valence-electron chi connectivity index (χ0n) is 11.3. The summed E-state index contributed by atoms with van der Waals surface area (Å²) in [6.07, 6.45) is 6.31. The molecule has 0 bridgehead atoms. The lowest BCUT2D eigenvalue weighted by atomic mass is 10.1. The van der Waals surface area contributed by atoms with Crippen molar-refractivity contribution in [2.75, 3.05) is 0 Å². The van der Waals surface area contributed by atoms with Crippen LogP contribution in [-0.2, 0) is 6.54 Å². The van der Waals surface area contributed by atoms with Crippen LogP contribution in [0.3, 0.4) is 0 Å². The second-order valence-electron chi connectivity index (χ2n) is 4.72. The Kier molecular flexibility index (Phi) is 7.73. The number of benzene rings is 1. The van der Waals surface area contributed by atoms with E-state index >= 15 is 0 Å². The highest BCUT2D eigenvalue weighted by Gasteiger charge is 2.07. The molecular formula is C15H23Cl2N. The molecule has 0 aliphatic carbocycles. The summed E-state index contributed by atoms with van der Waals surface area (Å²) in [5.41, 5.74) is 1.12. The minimum atomic E-state index is 0.586. The first-order chi connectivity index (χ1) is 8.67. The third kappa shape index (κ3) is 5.60. The largest absolute Gasteiger partial charge is 0.310 e. The first-order valence-corrected chi connectivity index (χ1v) is 7.60. The second kappa shape index (κ2) is 8.79. The van der Waals surface area contributed by atoms with E-state index in [4.69, 9.17) is 23.2 Å². The summed E-state index contributed by atoms with van der Waals surface area (Å²) in [4.78, 5) is 0. The summed E-state index contributed by atoms with van der Waals surface area (Å²) in [5.74, 6) is 0. The van der Waals surface area contributed by atoms with Crippen molar-refractivity contribution in [3.05, 3.63) is 33.8 Å². The molecule has 1 rings (SSSR count). The molecule has 0 saturated heterocycles. The van der Waals surface area contributed by atoms with Crippen LogP contribution in [0.4, 0.5) is 0 Å². The van der Waals surface area contributed by atoms with Gasteiger partial charge >= 0.3 is 0 Å². The van der Waals surface area contributed by atoms with Gasteiger partial charge in [0, 0.05) is 22.6 Å². The summed E-state index contributed by atoms with van der Waals surface area (Å²) < 4.78 is 0. The Bertz CT molecular complexity index is 352. The summed E-state index contributed by atoms with van der Waals surface area (Å²) in [7, 11) is 0. The molecule has 0 heterocycles. The van der Waals surface area contributed by atoms with Crippen LogP contribution >= 0.6 is 23.2 Å². The van der Waals surface area contributed by atoms with Crippen molar-refractivity contribution in [3.63, 3.8) is 0 Å². The minimum absolute atomic E-state index is 0.586. The van der Waals surface area contributed by atoms with Crippen molar-refractivity contribution in [1.82, 2.24) is 5.32 Å². The number of hydrogen-bond donors (Lipinski definition) is 1. The molecule has 0 spiro atoms. The monoisotopic (exact) mass is 287 g/mol. The van der Waals surface area contributed by atoms with Crippen molar-refractivity contribution in [1.29, 1.82) is 0 Å². The number of rotatable bonds is 8. The molecule has 1 unspecified atom stereocenters. The van der Waals surface area contributed by atoms with Crippen LogP contribution in [0.2, 0.25) is 10.0 Å². The quantitative estimate of drug-likeness (QED) is 0.628. The zero-order chi connectivity index (χ0) is 13.4. The van der Waals surface area contributed by atoms with Gasteiger partial charge in [0.2, 0.25) is 0 Å². The Morgan fingerprint density at radius 1 is 1.17 bits per heavy atom. The van der Waals surface area contributed by atoms with E-state index in [0.717, 1.165) is 23.6 Å². The molecule has 0 amide bonds. The SMILES string of the molecule is CCCCCC(CC)NCc1ccc(Cl)cc1Cl. The van der Waals surface area contributed by atoms with Gasteiger partial charge in [0.15, 0.2) is 0 Å². The lowest BCUT2D eigenvalue weighted by molar-refractivity contribution is 0.447. The Balaban J connectivity index is 2.41. The van der Waals surface area contributed by atoms with E-state index in [1.165, 1.54) is 25.7 Å². The van der Waals surface area contributed by atoms with Crippen molar-refractivity contribution >= 4 is 23.2 Å². The Morgan fingerprint density at radius 2 is 1.94 bits per heavy atom. The topological polar surface area (TPSA) is 12.0 Å². The highest BCUT2D eigenvalue weighted by Crippen LogP contribution is 2.21. The highest BCUT2D eigenvalue weighted by molar-refractivity contribution is 6.35. The number of hydrogen-bond acceptors (Lipinski definition) is 1. The highest BCUT2D eigenvalue weighted by atomic mass is 35.5. The molecule has 0 saturated carbocycles. The second-order valence-corrected chi connectivity index (χ2v) is 5.56. The van der Waals surface area contributed by atoms with Gasteiger partial charge in [0.05, 0.1) is 0 Å². The summed E-state index contributed by atoms with van der Waals surface area (Å²) in [6, 6.07) is 6.28. The van der Waals surface area contributed by atoms with Crippen molar-refractivity contribution in [2.24, 2.45) is 0 Å². The van der Waals surface area contributed by atoms with Crippen LogP contribution in [0.25, 0.3) is 0 Å². The van der Waals surface area contributed by atoms with Crippen molar-refractivity contribution < 1.29 is 0 Å². The van der Waals surface area contributed by atoms with E-state index in [2.05, 4.69) is 19.2 Å². The summed E-state index contributed by atoms with van der Waals surface area (Å²) >= 11 is 12.0. The van der Waals surface area contributed by atoms with E-state index in [1.54, 1.807) is 6.07 Å². The first-order valence-electron chi connectivity index (χ1n) is 6.84. The molecule has 1 nitrogen and oxygen atoms in total. The van der Waals surface area contributed by atoms with Crippen LogP contribution in [0, 0.1) is 0 Å². The smallest absolute Gasteiger partial charge is 0.0465 e. The van der Waals surface area contributed by atoms with Gasteiger partial charge in [-0.2, -0.15) is 0 Å². The fraction of sp³-hybridized carbons (Fsp3) is 0.600. The summed E-state index contributed by atoms with van der Waals surface area (Å²) in [6.45, 7) is 5.29. The zero-order valence-corrected chi connectivity index (χ0v) is 12.8. The third-order valence-electron chi connectivity index (χ3n) is 3.25. The van der Waals surface area contributed by atoms with Gasteiger partial charge in [0.1, 0.15) is 0 Å². The molecule has 1 aromatic carbocycles. The maximum atomic E-state index is 6.16. The lowest BCUT2D eigenvalue weighted by Crippen LogP contribution is -2.27. The van der Waals surface area contributed by atoms with Crippen molar-refractivity contribution in [3.8, 4) is 0 Å².